The van der Waals surface area contributed by atoms with Crippen molar-refractivity contribution >= 4 is 16.9 Å². The number of benzene rings is 2. The van der Waals surface area contributed by atoms with Crippen molar-refractivity contribution in [3.05, 3.63) is 67.1 Å². The van der Waals surface area contributed by atoms with Gasteiger partial charge in [-0.1, -0.05) is 30.3 Å². The number of nitrogens with two attached hydrogens (primary N) is 1. The zero-order valence-electron chi connectivity index (χ0n) is 20.5. The second kappa shape index (κ2) is 10.3. The van der Waals surface area contributed by atoms with Gasteiger partial charge in [0.25, 0.3) is 0 Å². The van der Waals surface area contributed by atoms with E-state index in [1.807, 2.05) is 42.5 Å². The summed E-state index contributed by atoms with van der Waals surface area (Å²) in [5, 5.41) is 4.81. The Balaban J connectivity index is 1.22. The van der Waals surface area contributed by atoms with E-state index in [0.29, 0.717) is 23.9 Å². The molecule has 186 valence electrons. The normalized spacial score (nSPS) is 21.0. The number of rotatable bonds is 6. The fraction of sp³-hybridized carbons (Fsp3) is 0.379. The van der Waals surface area contributed by atoms with E-state index >= 15 is 0 Å². The number of nitrogens with zero attached hydrogens (tertiary/aromatic N) is 3. The molecule has 1 saturated carbocycles. The minimum absolute atomic E-state index is 0.406. The van der Waals surface area contributed by atoms with Crippen molar-refractivity contribution in [2.45, 2.75) is 56.7 Å². The molecule has 0 atom stereocenters. The summed E-state index contributed by atoms with van der Waals surface area (Å²) in [6.45, 7) is 1.76. The third-order valence-electron chi connectivity index (χ3n) is 7.57. The Bertz CT molecular complexity index is 1290. The third kappa shape index (κ3) is 4.81. The molecule has 2 aromatic carbocycles. The Morgan fingerprint density at radius 3 is 2.28 bits per heavy atom. The number of fused-ring (bicyclic) bond motifs is 1. The largest absolute Gasteiger partial charge is 0.457 e. The molecule has 6 rings (SSSR count). The topological polar surface area (TPSA) is 87.2 Å². The summed E-state index contributed by atoms with van der Waals surface area (Å²) in [5.74, 6) is 2.14. The molecule has 1 saturated heterocycles. The zero-order valence-corrected chi connectivity index (χ0v) is 20.5. The van der Waals surface area contributed by atoms with Gasteiger partial charge in [-0.25, -0.2) is 9.97 Å². The van der Waals surface area contributed by atoms with Crippen LogP contribution in [0.5, 0.6) is 11.5 Å². The van der Waals surface area contributed by atoms with Crippen LogP contribution in [0.2, 0.25) is 0 Å². The molecule has 1 aliphatic carbocycles. The summed E-state index contributed by atoms with van der Waals surface area (Å²) >= 11 is 0. The van der Waals surface area contributed by atoms with Crippen LogP contribution in [0.4, 0.5) is 5.82 Å². The number of para-hydroxylation sites is 1. The third-order valence-corrected chi connectivity index (χ3v) is 7.57. The molecule has 7 nitrogen and oxygen atoms in total. The van der Waals surface area contributed by atoms with Crippen molar-refractivity contribution in [2.24, 2.45) is 0 Å². The summed E-state index contributed by atoms with van der Waals surface area (Å²) in [6, 6.07) is 19.6. The summed E-state index contributed by atoms with van der Waals surface area (Å²) in [6.07, 6.45) is 10.6. The van der Waals surface area contributed by atoms with Crippen LogP contribution in [0.15, 0.2) is 67.1 Å². The maximum Gasteiger partial charge on any atom is 0.146 e. The quantitative estimate of drug-likeness (QED) is 0.364. The van der Waals surface area contributed by atoms with Crippen LogP contribution in [-0.4, -0.2) is 39.8 Å². The van der Waals surface area contributed by atoms with E-state index in [2.05, 4.69) is 38.2 Å². The summed E-state index contributed by atoms with van der Waals surface area (Å²) in [7, 11) is 0. The molecule has 0 amide bonds. The highest BCUT2D eigenvalue weighted by molar-refractivity contribution is 6.00. The van der Waals surface area contributed by atoms with E-state index in [9.17, 15) is 0 Å². The molecule has 0 spiro atoms. The lowest BCUT2D eigenvalue weighted by atomic mass is 9.90. The average molecular weight is 484 g/mol. The minimum Gasteiger partial charge on any atom is -0.457 e. The number of nitrogen functional groups attached to an aromatic ring is 1. The molecule has 4 aromatic rings. The molecule has 0 radical (unpaired) electrons. The van der Waals surface area contributed by atoms with E-state index in [0.717, 1.165) is 72.6 Å². The van der Waals surface area contributed by atoms with Gasteiger partial charge >= 0.3 is 0 Å². The van der Waals surface area contributed by atoms with Crippen molar-refractivity contribution in [3.8, 4) is 22.6 Å². The van der Waals surface area contributed by atoms with E-state index in [4.69, 9.17) is 15.2 Å². The predicted molar refractivity (Wildman–Crippen MR) is 142 cm³/mol. The first-order valence-electron chi connectivity index (χ1n) is 13.0. The number of hydrogen-bond acceptors (Lipinski definition) is 6. The number of aromatic nitrogens is 3. The first kappa shape index (κ1) is 23.0. The van der Waals surface area contributed by atoms with Gasteiger partial charge in [0.15, 0.2) is 0 Å². The van der Waals surface area contributed by atoms with Crippen molar-refractivity contribution in [1.82, 2.24) is 19.9 Å². The van der Waals surface area contributed by atoms with Gasteiger partial charge in [0.1, 0.15) is 29.3 Å². The second-order valence-corrected chi connectivity index (χ2v) is 9.91. The first-order chi connectivity index (χ1) is 17.7. The Labute approximate surface area is 211 Å². The van der Waals surface area contributed by atoms with Gasteiger partial charge in [0.2, 0.25) is 0 Å². The lowest BCUT2D eigenvalue weighted by Gasteiger charge is -2.34. The SMILES string of the molecule is Nc1ncnc2c1c(-c1ccc(Oc3ccccc3)cc1)cn2C1CCC(NC2CCOCC2)CC1. The van der Waals surface area contributed by atoms with Crippen LogP contribution in [-0.2, 0) is 4.74 Å². The summed E-state index contributed by atoms with van der Waals surface area (Å²) in [4.78, 5) is 8.98. The second-order valence-electron chi connectivity index (χ2n) is 9.91. The number of hydrogen-bond donors (Lipinski definition) is 2. The van der Waals surface area contributed by atoms with Crippen LogP contribution in [0.25, 0.3) is 22.2 Å². The highest BCUT2D eigenvalue weighted by atomic mass is 16.5. The average Bonchev–Trinajstić information content (AvgIpc) is 3.32. The highest BCUT2D eigenvalue weighted by Crippen LogP contribution is 2.38. The van der Waals surface area contributed by atoms with Crippen LogP contribution in [0.1, 0.15) is 44.6 Å². The van der Waals surface area contributed by atoms with E-state index < -0.39 is 0 Å². The van der Waals surface area contributed by atoms with Crippen LogP contribution >= 0.6 is 0 Å². The maximum atomic E-state index is 6.39. The Kier molecular flexibility index (Phi) is 6.57. The van der Waals surface area contributed by atoms with Gasteiger partial charge in [0, 0.05) is 43.1 Å². The summed E-state index contributed by atoms with van der Waals surface area (Å²) < 4.78 is 13.8. The molecule has 36 heavy (non-hydrogen) atoms. The molecule has 2 fully saturated rings. The monoisotopic (exact) mass is 483 g/mol. The first-order valence-corrected chi connectivity index (χ1v) is 13.0. The van der Waals surface area contributed by atoms with Crippen LogP contribution in [0, 0.1) is 0 Å². The minimum atomic E-state index is 0.406. The number of anilines is 1. The molecular formula is C29H33N5O2. The number of ether oxygens (including phenoxy) is 2. The van der Waals surface area contributed by atoms with Gasteiger partial charge in [0.05, 0.1) is 5.39 Å². The molecule has 0 unspecified atom stereocenters. The molecule has 1 aliphatic heterocycles. The molecule has 0 bridgehead atoms. The van der Waals surface area contributed by atoms with Crippen LogP contribution < -0.4 is 15.8 Å². The van der Waals surface area contributed by atoms with E-state index in [1.54, 1.807) is 6.33 Å². The van der Waals surface area contributed by atoms with Gasteiger partial charge in [-0.3, -0.25) is 0 Å². The Morgan fingerprint density at radius 2 is 1.53 bits per heavy atom. The lowest BCUT2D eigenvalue weighted by molar-refractivity contribution is 0.0724. The maximum absolute atomic E-state index is 6.39. The van der Waals surface area contributed by atoms with Gasteiger partial charge in [-0.05, 0) is 68.4 Å². The highest BCUT2D eigenvalue weighted by Gasteiger charge is 2.27. The van der Waals surface area contributed by atoms with Crippen LogP contribution in [0.3, 0.4) is 0 Å². The molecular weight excluding hydrogens is 450 g/mol. The van der Waals surface area contributed by atoms with Crippen molar-refractivity contribution in [2.75, 3.05) is 18.9 Å². The fourth-order valence-electron chi connectivity index (χ4n) is 5.65. The molecule has 3 N–H and O–H groups in total. The number of nitrogens with one attached hydrogen (secondary N) is 1. The fourth-order valence-corrected chi connectivity index (χ4v) is 5.65. The standard InChI is InChI=1S/C29H33N5O2/c30-28-27-26(20-6-12-25(13-7-20)36-24-4-2-1-3-5-24)18-34(29(27)32-19-31-28)23-10-8-21(9-11-23)33-22-14-16-35-17-15-22/h1-7,12-13,18-19,21-23,33H,8-11,14-17H2,(H2,30,31,32). The van der Waals surface area contributed by atoms with E-state index in [1.165, 1.54) is 12.8 Å². The van der Waals surface area contributed by atoms with E-state index in [-0.39, 0.29) is 0 Å². The summed E-state index contributed by atoms with van der Waals surface area (Å²) in [5.41, 5.74) is 9.45. The van der Waals surface area contributed by atoms with Gasteiger partial charge in [-0.2, -0.15) is 0 Å². The Hall–Kier alpha value is -3.42. The van der Waals surface area contributed by atoms with Gasteiger partial charge < -0.3 is 25.1 Å². The molecule has 2 aromatic heterocycles. The Morgan fingerprint density at radius 1 is 0.833 bits per heavy atom. The van der Waals surface area contributed by atoms with Crippen molar-refractivity contribution in [3.63, 3.8) is 0 Å². The predicted octanol–water partition coefficient (Wildman–Crippen LogP) is 5.73. The smallest absolute Gasteiger partial charge is 0.146 e. The molecule has 2 aliphatic rings. The molecule has 7 heteroatoms. The van der Waals surface area contributed by atoms with Crippen molar-refractivity contribution < 1.29 is 9.47 Å². The van der Waals surface area contributed by atoms with Gasteiger partial charge in [-0.15, -0.1) is 0 Å². The zero-order chi connectivity index (χ0) is 24.3. The molecule has 3 heterocycles. The van der Waals surface area contributed by atoms with Crippen molar-refractivity contribution in [1.29, 1.82) is 0 Å². The lowest BCUT2D eigenvalue weighted by Crippen LogP contribution is -2.43.